The third kappa shape index (κ3) is 5.95. The van der Waals surface area contributed by atoms with Crippen LogP contribution < -0.4 is 11.1 Å². The monoisotopic (exact) mass is 247 g/mol. The highest BCUT2D eigenvalue weighted by atomic mass is 19.4. The topological polar surface area (TPSA) is 96.0 Å². The molecule has 0 radical (unpaired) electrons. The van der Waals surface area contributed by atoms with Crippen LogP contribution in [0.15, 0.2) is 24.3 Å². The number of anilines is 1. The number of alkyl halides is 3. The van der Waals surface area contributed by atoms with Crippen LogP contribution in [0, 0.1) is 5.41 Å². The fourth-order valence-corrected chi connectivity index (χ4v) is 0.916. The Morgan fingerprint density at radius 2 is 1.94 bits per heavy atom. The van der Waals surface area contributed by atoms with Crippen molar-refractivity contribution >= 4 is 17.8 Å². The minimum atomic E-state index is -4.42. The smallest absolute Gasteiger partial charge is 0.351 e. The molecule has 0 aliphatic heterocycles. The number of hydrogen-bond acceptors (Lipinski definition) is 3. The van der Waals surface area contributed by atoms with Crippen LogP contribution in [-0.2, 0) is 11.0 Å². The van der Waals surface area contributed by atoms with Crippen LogP contribution in [0.5, 0.6) is 0 Å². The first-order valence-corrected chi connectivity index (χ1v) is 4.09. The molecule has 0 aromatic heterocycles. The predicted octanol–water partition coefficient (Wildman–Crippen LogP) is 2.10. The van der Waals surface area contributed by atoms with E-state index in [2.05, 4.69) is 5.32 Å². The SMILES string of the molecule is N=C=O.NC(=O)Nc1cccc(C(F)(F)F)c1. The van der Waals surface area contributed by atoms with Crippen molar-refractivity contribution in [2.45, 2.75) is 6.18 Å². The molecule has 1 aromatic carbocycles. The number of benzene rings is 1. The summed E-state index contributed by atoms with van der Waals surface area (Å²) in [5.74, 6) is 0. The van der Waals surface area contributed by atoms with Crippen molar-refractivity contribution in [2.24, 2.45) is 5.73 Å². The molecule has 0 atom stereocenters. The number of primary amides is 1. The molecule has 0 saturated carbocycles. The molecule has 1 aromatic rings. The first kappa shape index (κ1) is 14.7. The molecule has 5 nitrogen and oxygen atoms in total. The van der Waals surface area contributed by atoms with Crippen LogP contribution in [0.1, 0.15) is 5.56 Å². The first-order chi connectivity index (χ1) is 7.81. The zero-order valence-corrected chi connectivity index (χ0v) is 8.34. The average molecular weight is 247 g/mol. The van der Waals surface area contributed by atoms with Gasteiger partial charge in [0, 0.05) is 5.69 Å². The Morgan fingerprint density at radius 3 is 2.35 bits per heavy atom. The first-order valence-electron chi connectivity index (χ1n) is 4.09. The zero-order valence-electron chi connectivity index (χ0n) is 8.34. The normalized spacial score (nSPS) is 9.59. The molecule has 8 heteroatoms. The molecule has 0 heterocycles. The van der Waals surface area contributed by atoms with E-state index in [4.69, 9.17) is 15.9 Å². The lowest BCUT2D eigenvalue weighted by atomic mass is 10.2. The number of urea groups is 1. The molecular formula is C9H8F3N3O2. The van der Waals surface area contributed by atoms with Crippen molar-refractivity contribution in [1.29, 1.82) is 5.41 Å². The number of nitrogens with two attached hydrogens (primary N) is 1. The van der Waals surface area contributed by atoms with E-state index in [0.717, 1.165) is 18.2 Å². The van der Waals surface area contributed by atoms with Gasteiger partial charge in [-0.25, -0.2) is 15.0 Å². The zero-order chi connectivity index (χ0) is 13.5. The number of carbonyl (C=O) groups excluding carboxylic acids is 2. The molecule has 0 bridgehead atoms. The minimum absolute atomic E-state index is 0.0207. The van der Waals surface area contributed by atoms with Gasteiger partial charge in [0.2, 0.25) is 6.08 Å². The summed E-state index contributed by atoms with van der Waals surface area (Å²) in [6.07, 6.45) is -3.67. The highest BCUT2D eigenvalue weighted by molar-refractivity contribution is 5.87. The van der Waals surface area contributed by atoms with Gasteiger partial charge >= 0.3 is 12.2 Å². The lowest BCUT2D eigenvalue weighted by Crippen LogP contribution is -2.19. The number of halogens is 3. The van der Waals surface area contributed by atoms with Crippen molar-refractivity contribution in [3.63, 3.8) is 0 Å². The van der Waals surface area contributed by atoms with Crippen molar-refractivity contribution in [3.8, 4) is 0 Å². The summed E-state index contributed by atoms with van der Waals surface area (Å²) in [5, 5.41) is 7.46. The molecule has 4 N–H and O–H groups in total. The molecule has 2 amide bonds. The van der Waals surface area contributed by atoms with E-state index in [9.17, 15) is 18.0 Å². The Labute approximate surface area is 93.9 Å². The molecule has 92 valence electrons. The summed E-state index contributed by atoms with van der Waals surface area (Å²) >= 11 is 0. The van der Waals surface area contributed by atoms with Gasteiger partial charge in [-0.3, -0.25) is 0 Å². The van der Waals surface area contributed by atoms with E-state index >= 15 is 0 Å². The van der Waals surface area contributed by atoms with Gasteiger partial charge in [-0.15, -0.1) is 0 Å². The van der Waals surface area contributed by atoms with Gasteiger partial charge < -0.3 is 11.1 Å². The number of nitrogens with one attached hydrogen (secondary N) is 2. The highest BCUT2D eigenvalue weighted by Crippen LogP contribution is 2.30. The minimum Gasteiger partial charge on any atom is -0.351 e. The molecule has 0 spiro atoms. The Morgan fingerprint density at radius 1 is 1.41 bits per heavy atom. The fourth-order valence-electron chi connectivity index (χ4n) is 0.916. The summed E-state index contributed by atoms with van der Waals surface area (Å²) in [4.78, 5) is 18.7. The number of rotatable bonds is 1. The largest absolute Gasteiger partial charge is 0.416 e. The van der Waals surface area contributed by atoms with Gasteiger partial charge in [-0.1, -0.05) is 6.07 Å². The quantitative estimate of drug-likeness (QED) is 0.523. The van der Waals surface area contributed by atoms with E-state index in [1.54, 1.807) is 0 Å². The van der Waals surface area contributed by atoms with Crippen LogP contribution >= 0.6 is 0 Å². The van der Waals surface area contributed by atoms with Crippen LogP contribution in [0.3, 0.4) is 0 Å². The van der Waals surface area contributed by atoms with E-state index < -0.39 is 17.8 Å². The fraction of sp³-hybridized carbons (Fsp3) is 0.111. The lowest BCUT2D eigenvalue weighted by molar-refractivity contribution is -0.137. The van der Waals surface area contributed by atoms with E-state index in [1.165, 1.54) is 12.1 Å². The second-order valence-corrected chi connectivity index (χ2v) is 2.67. The molecule has 0 unspecified atom stereocenters. The second kappa shape index (κ2) is 6.29. The third-order valence-electron chi connectivity index (χ3n) is 1.46. The number of isocyanates is 1. The Kier molecular flexibility index (Phi) is 5.42. The summed E-state index contributed by atoms with van der Waals surface area (Å²) in [6, 6.07) is 3.33. The Balaban J connectivity index is 0.000000770. The Bertz CT molecular complexity index is 426. The molecule has 17 heavy (non-hydrogen) atoms. The molecule has 1 rings (SSSR count). The van der Waals surface area contributed by atoms with E-state index in [-0.39, 0.29) is 5.69 Å². The molecule has 0 fully saturated rings. The number of amides is 2. The maximum Gasteiger partial charge on any atom is 0.416 e. The second-order valence-electron chi connectivity index (χ2n) is 2.67. The standard InChI is InChI=1S/C8H7F3N2O.CHNO/c9-8(10,11)5-2-1-3-6(4-5)13-7(12)14;2-1-3/h1-4H,(H3,12,13,14);2H. The van der Waals surface area contributed by atoms with Crippen LogP contribution in [0.2, 0.25) is 0 Å². The summed E-state index contributed by atoms with van der Waals surface area (Å²) in [6.45, 7) is 0. The summed E-state index contributed by atoms with van der Waals surface area (Å²) < 4.78 is 36.5. The highest BCUT2D eigenvalue weighted by Gasteiger charge is 2.30. The average Bonchev–Trinajstić information content (AvgIpc) is 2.17. The van der Waals surface area contributed by atoms with Crippen molar-refractivity contribution < 1.29 is 22.8 Å². The number of carbonyl (C=O) groups is 1. The maximum absolute atomic E-state index is 12.2. The van der Waals surface area contributed by atoms with E-state index in [1.807, 2.05) is 0 Å². The van der Waals surface area contributed by atoms with Crippen molar-refractivity contribution in [2.75, 3.05) is 5.32 Å². The van der Waals surface area contributed by atoms with Gasteiger partial charge in [0.15, 0.2) is 0 Å². The maximum atomic E-state index is 12.2. The van der Waals surface area contributed by atoms with E-state index in [0.29, 0.717) is 0 Å². The van der Waals surface area contributed by atoms with Crippen LogP contribution in [0.25, 0.3) is 0 Å². The molecule has 0 aliphatic rings. The molecule has 0 aliphatic carbocycles. The third-order valence-corrected chi connectivity index (χ3v) is 1.46. The lowest BCUT2D eigenvalue weighted by Gasteiger charge is -2.08. The predicted molar refractivity (Wildman–Crippen MR) is 53.1 cm³/mol. The van der Waals surface area contributed by atoms with Gasteiger partial charge in [-0.05, 0) is 18.2 Å². The molecule has 0 saturated heterocycles. The summed E-state index contributed by atoms with van der Waals surface area (Å²) in [5.41, 5.74) is 3.94. The Hall–Kier alpha value is -2.34. The van der Waals surface area contributed by atoms with Gasteiger partial charge in [0.05, 0.1) is 5.56 Å². The van der Waals surface area contributed by atoms with Gasteiger partial charge in [-0.2, -0.15) is 13.2 Å². The summed E-state index contributed by atoms with van der Waals surface area (Å²) in [7, 11) is 0. The van der Waals surface area contributed by atoms with Crippen molar-refractivity contribution in [3.05, 3.63) is 29.8 Å². The number of hydrogen-bond donors (Lipinski definition) is 3. The van der Waals surface area contributed by atoms with Crippen molar-refractivity contribution in [1.82, 2.24) is 0 Å². The van der Waals surface area contributed by atoms with Crippen LogP contribution in [0.4, 0.5) is 23.7 Å². The van der Waals surface area contributed by atoms with Gasteiger partial charge in [0.1, 0.15) is 0 Å². The van der Waals surface area contributed by atoms with Gasteiger partial charge in [0.25, 0.3) is 0 Å². The molecular weight excluding hydrogens is 239 g/mol. The van der Waals surface area contributed by atoms with Crippen LogP contribution in [-0.4, -0.2) is 12.1 Å².